The topological polar surface area (TPSA) is 57.3 Å². The molecule has 140 valence electrons. The first-order valence-electron chi connectivity index (χ1n) is 9.91. The quantitative estimate of drug-likeness (QED) is 0.835. The fraction of sp³-hybridized carbons (Fsp3) is 0.684. The van der Waals surface area contributed by atoms with Crippen LogP contribution in [0.25, 0.3) is 11.0 Å². The number of anilines is 1. The van der Waals surface area contributed by atoms with E-state index in [4.69, 9.17) is 16.3 Å². The van der Waals surface area contributed by atoms with Gasteiger partial charge in [-0.25, -0.2) is 4.98 Å². The van der Waals surface area contributed by atoms with E-state index in [9.17, 15) is 0 Å². The Labute approximate surface area is 158 Å². The van der Waals surface area contributed by atoms with Crippen molar-refractivity contribution >= 4 is 28.3 Å². The lowest BCUT2D eigenvalue weighted by molar-refractivity contribution is 0.0115. The van der Waals surface area contributed by atoms with Crippen molar-refractivity contribution in [1.29, 1.82) is 0 Å². The summed E-state index contributed by atoms with van der Waals surface area (Å²) in [6.45, 7) is 6.02. The molecule has 1 N–H and O–H groups in total. The molecule has 1 aliphatic carbocycles. The number of morpholine rings is 1. The highest BCUT2D eigenvalue weighted by Crippen LogP contribution is 2.42. The van der Waals surface area contributed by atoms with Crippen LogP contribution in [0.15, 0.2) is 6.07 Å². The van der Waals surface area contributed by atoms with E-state index < -0.39 is 0 Å². The summed E-state index contributed by atoms with van der Waals surface area (Å²) in [5.41, 5.74) is 3.25. The van der Waals surface area contributed by atoms with E-state index >= 15 is 0 Å². The molecule has 0 radical (unpaired) electrons. The summed E-state index contributed by atoms with van der Waals surface area (Å²) in [5.74, 6) is 0.580. The monoisotopic (exact) mass is 375 g/mol. The Kier molecular flexibility index (Phi) is 4.51. The van der Waals surface area contributed by atoms with Crippen molar-refractivity contribution in [1.82, 2.24) is 20.1 Å². The van der Waals surface area contributed by atoms with E-state index in [0.29, 0.717) is 17.1 Å². The van der Waals surface area contributed by atoms with Crippen LogP contribution in [0.2, 0.25) is 5.15 Å². The summed E-state index contributed by atoms with van der Waals surface area (Å²) in [6.07, 6.45) is 6.17. The lowest BCUT2D eigenvalue weighted by Crippen LogP contribution is -2.49. The number of pyridine rings is 1. The van der Waals surface area contributed by atoms with Gasteiger partial charge in [-0.3, -0.25) is 10.00 Å². The average molecular weight is 376 g/mol. The summed E-state index contributed by atoms with van der Waals surface area (Å²) in [6, 6.07) is 2.72. The summed E-state index contributed by atoms with van der Waals surface area (Å²) >= 11 is 6.32. The molecule has 4 heterocycles. The van der Waals surface area contributed by atoms with Crippen LogP contribution in [-0.4, -0.2) is 65.5 Å². The van der Waals surface area contributed by atoms with Crippen molar-refractivity contribution in [2.45, 2.75) is 44.1 Å². The van der Waals surface area contributed by atoms with Gasteiger partial charge in [-0.2, -0.15) is 5.10 Å². The Hall–Kier alpha value is -1.37. The number of fused-ring (bicyclic) bond motifs is 1. The molecule has 2 aromatic rings. The molecular formula is C19H26ClN5O. The van der Waals surface area contributed by atoms with Crippen molar-refractivity contribution in [3.8, 4) is 0 Å². The molecule has 2 aliphatic heterocycles. The predicted octanol–water partition coefficient (Wildman–Crippen LogP) is 3.18. The van der Waals surface area contributed by atoms with Gasteiger partial charge in [-0.15, -0.1) is 0 Å². The lowest BCUT2D eigenvalue weighted by Gasteiger charge is -2.41. The van der Waals surface area contributed by atoms with Crippen LogP contribution in [0.3, 0.4) is 0 Å². The fourth-order valence-electron chi connectivity index (χ4n) is 4.64. The second kappa shape index (κ2) is 6.98. The fourth-order valence-corrected chi connectivity index (χ4v) is 4.83. The van der Waals surface area contributed by atoms with E-state index in [0.717, 1.165) is 45.0 Å². The highest BCUT2D eigenvalue weighted by molar-refractivity contribution is 6.30. The molecule has 0 amide bonds. The van der Waals surface area contributed by atoms with Crippen molar-refractivity contribution < 1.29 is 4.74 Å². The van der Waals surface area contributed by atoms with Gasteiger partial charge < -0.3 is 9.64 Å². The van der Waals surface area contributed by atoms with Gasteiger partial charge >= 0.3 is 0 Å². The maximum atomic E-state index is 6.32. The number of rotatable bonds is 3. The predicted molar refractivity (Wildman–Crippen MR) is 103 cm³/mol. The smallest absolute Gasteiger partial charge is 0.159 e. The lowest BCUT2D eigenvalue weighted by atomic mass is 9.82. The SMILES string of the molecule is Clc1cc(N2CCC(N3CCOCC3)CC2)c2c(C3CCC3)n[nH]c2n1. The average Bonchev–Trinajstić information content (AvgIpc) is 3.04. The minimum atomic E-state index is 0.548. The Bertz CT molecular complexity index is 776. The van der Waals surface area contributed by atoms with Crippen LogP contribution in [0, 0.1) is 0 Å². The van der Waals surface area contributed by atoms with Crippen LogP contribution in [0.5, 0.6) is 0 Å². The van der Waals surface area contributed by atoms with Gasteiger partial charge in [0.1, 0.15) is 5.15 Å². The minimum Gasteiger partial charge on any atom is -0.379 e. The first kappa shape index (κ1) is 16.8. The molecule has 0 unspecified atom stereocenters. The molecule has 7 heteroatoms. The number of aromatic amines is 1. The van der Waals surface area contributed by atoms with Crippen LogP contribution < -0.4 is 4.90 Å². The van der Waals surface area contributed by atoms with Crippen LogP contribution in [0.4, 0.5) is 5.69 Å². The van der Waals surface area contributed by atoms with Gasteiger partial charge in [0, 0.05) is 38.1 Å². The molecule has 2 saturated heterocycles. The second-order valence-electron chi connectivity index (χ2n) is 7.79. The molecule has 1 saturated carbocycles. The third-order valence-electron chi connectivity index (χ3n) is 6.36. The maximum absolute atomic E-state index is 6.32. The van der Waals surface area contributed by atoms with Gasteiger partial charge in [0.25, 0.3) is 0 Å². The van der Waals surface area contributed by atoms with Gasteiger partial charge in [0.05, 0.1) is 30.0 Å². The molecule has 3 aliphatic rings. The summed E-state index contributed by atoms with van der Waals surface area (Å²) in [7, 11) is 0. The number of halogens is 1. The Morgan fingerprint density at radius 3 is 2.54 bits per heavy atom. The van der Waals surface area contributed by atoms with Crippen molar-refractivity contribution in [2.24, 2.45) is 0 Å². The zero-order valence-electron chi connectivity index (χ0n) is 15.1. The summed E-state index contributed by atoms with van der Waals surface area (Å²) in [4.78, 5) is 9.57. The zero-order valence-corrected chi connectivity index (χ0v) is 15.8. The van der Waals surface area contributed by atoms with Crippen molar-refractivity contribution in [2.75, 3.05) is 44.3 Å². The number of H-pyrrole nitrogens is 1. The summed E-state index contributed by atoms with van der Waals surface area (Å²) < 4.78 is 5.50. The third kappa shape index (κ3) is 2.98. The van der Waals surface area contributed by atoms with E-state index in [1.807, 2.05) is 6.07 Å². The second-order valence-corrected chi connectivity index (χ2v) is 8.18. The molecular weight excluding hydrogens is 350 g/mol. The molecule has 26 heavy (non-hydrogen) atoms. The number of nitrogens with one attached hydrogen (secondary N) is 1. The van der Waals surface area contributed by atoms with Gasteiger partial charge in [-0.05, 0) is 31.7 Å². The normalized spacial score (nSPS) is 23.5. The van der Waals surface area contributed by atoms with Gasteiger partial charge in [-0.1, -0.05) is 18.0 Å². The first-order chi connectivity index (χ1) is 12.8. The Balaban J connectivity index is 1.39. The standard InChI is InChI=1S/C19H26ClN5O/c20-16-12-15(17-18(13-2-1-3-13)22-23-19(17)21-16)25-6-4-14(5-7-25)24-8-10-26-11-9-24/h12-14H,1-11H2,(H,21,22,23). The van der Waals surface area contributed by atoms with E-state index in [1.54, 1.807) is 0 Å². The molecule has 6 nitrogen and oxygen atoms in total. The number of nitrogens with zero attached hydrogens (tertiary/aromatic N) is 4. The van der Waals surface area contributed by atoms with E-state index in [-0.39, 0.29) is 0 Å². The number of piperidine rings is 1. The molecule has 2 aromatic heterocycles. The molecule has 0 bridgehead atoms. The van der Waals surface area contributed by atoms with E-state index in [1.165, 1.54) is 48.9 Å². The first-order valence-corrected chi connectivity index (χ1v) is 10.3. The highest BCUT2D eigenvalue weighted by Gasteiger charge is 2.30. The van der Waals surface area contributed by atoms with Crippen LogP contribution in [-0.2, 0) is 4.74 Å². The molecule has 3 fully saturated rings. The minimum absolute atomic E-state index is 0.548. The number of aromatic nitrogens is 3. The number of hydrogen-bond acceptors (Lipinski definition) is 5. The van der Waals surface area contributed by atoms with E-state index in [2.05, 4.69) is 25.0 Å². The number of ether oxygens (including phenoxy) is 1. The third-order valence-corrected chi connectivity index (χ3v) is 6.56. The Morgan fingerprint density at radius 1 is 1.08 bits per heavy atom. The molecule has 0 aromatic carbocycles. The molecule has 5 rings (SSSR count). The van der Waals surface area contributed by atoms with Crippen LogP contribution >= 0.6 is 11.6 Å². The Morgan fingerprint density at radius 2 is 1.85 bits per heavy atom. The molecule has 0 atom stereocenters. The summed E-state index contributed by atoms with van der Waals surface area (Å²) in [5, 5.41) is 9.48. The highest BCUT2D eigenvalue weighted by atomic mass is 35.5. The van der Waals surface area contributed by atoms with Gasteiger partial charge in [0.2, 0.25) is 0 Å². The largest absolute Gasteiger partial charge is 0.379 e. The van der Waals surface area contributed by atoms with Gasteiger partial charge in [0.15, 0.2) is 5.65 Å². The maximum Gasteiger partial charge on any atom is 0.159 e. The number of hydrogen-bond donors (Lipinski definition) is 1. The van der Waals surface area contributed by atoms with Crippen molar-refractivity contribution in [3.05, 3.63) is 16.9 Å². The zero-order chi connectivity index (χ0) is 17.5. The molecule has 0 spiro atoms. The van der Waals surface area contributed by atoms with Crippen molar-refractivity contribution in [3.63, 3.8) is 0 Å². The van der Waals surface area contributed by atoms with Crippen LogP contribution in [0.1, 0.15) is 43.7 Å².